The lowest BCUT2D eigenvalue weighted by Crippen LogP contribution is -2.09. The molecule has 1 aliphatic rings. The van der Waals surface area contributed by atoms with Crippen molar-refractivity contribution in [3.8, 4) is 22.3 Å². The number of nitrogens with zero attached hydrogens (tertiary/aromatic N) is 1. The molecule has 0 atom stereocenters. The summed E-state index contributed by atoms with van der Waals surface area (Å²) < 4.78 is 0. The topological polar surface area (TPSA) is 3.24 Å². The number of para-hydroxylation sites is 2. The number of hydrogen-bond acceptors (Lipinski definition) is 1. The van der Waals surface area contributed by atoms with Crippen molar-refractivity contribution in [2.24, 2.45) is 0 Å². The van der Waals surface area contributed by atoms with E-state index in [1.165, 1.54) is 39.2 Å². The molecule has 0 spiro atoms. The Kier molecular flexibility index (Phi) is 9.36. The van der Waals surface area contributed by atoms with Crippen molar-refractivity contribution < 1.29 is 0 Å². The van der Waals surface area contributed by atoms with Gasteiger partial charge in [-0.05, 0) is 30.2 Å². The molecule has 0 saturated heterocycles. The largest absolute Gasteiger partial charge is 0.344 e. The second-order valence-corrected chi connectivity index (χ2v) is 5.64. The van der Waals surface area contributed by atoms with Crippen molar-refractivity contribution in [2.75, 3.05) is 11.9 Å². The molecule has 4 rings (SSSR count). The minimum atomic E-state index is 1.26. The van der Waals surface area contributed by atoms with Gasteiger partial charge in [-0.3, -0.25) is 0 Å². The molecular weight excluding hydrogens is 326 g/mol. The van der Waals surface area contributed by atoms with E-state index in [2.05, 4.69) is 85.6 Å². The van der Waals surface area contributed by atoms with E-state index in [0.29, 0.717) is 0 Å². The van der Waals surface area contributed by atoms with Crippen LogP contribution >= 0.6 is 0 Å². The lowest BCUT2D eigenvalue weighted by molar-refractivity contribution is 1.22. The predicted octanol–water partition coefficient (Wildman–Crippen LogP) is 8.49. The highest BCUT2D eigenvalue weighted by atomic mass is 15.1. The van der Waals surface area contributed by atoms with Crippen LogP contribution in [0.25, 0.3) is 22.3 Å². The fourth-order valence-corrected chi connectivity index (χ4v) is 3.23. The van der Waals surface area contributed by atoms with Crippen molar-refractivity contribution in [2.45, 2.75) is 48.5 Å². The molecule has 1 heterocycles. The van der Waals surface area contributed by atoms with Crippen LogP contribution in [0.4, 0.5) is 11.4 Å². The summed E-state index contributed by atoms with van der Waals surface area (Å²) in [6.07, 6.45) is 0. The predicted molar refractivity (Wildman–Crippen MR) is 124 cm³/mol. The number of benzene rings is 3. The summed E-state index contributed by atoms with van der Waals surface area (Å²) in [5, 5.41) is 0. The molecular formula is C26H35N. The highest BCUT2D eigenvalue weighted by Crippen LogP contribution is 2.46. The summed E-state index contributed by atoms with van der Waals surface area (Å²) in [6, 6.07) is 24.0. The highest BCUT2D eigenvalue weighted by molar-refractivity contribution is 5.99. The van der Waals surface area contributed by atoms with Crippen LogP contribution in [0, 0.1) is 6.92 Å². The van der Waals surface area contributed by atoms with Crippen LogP contribution in [0.2, 0.25) is 0 Å². The molecule has 0 unspecified atom stereocenters. The maximum Gasteiger partial charge on any atom is 0.0488 e. The smallest absolute Gasteiger partial charge is 0.0488 e. The fourth-order valence-electron chi connectivity index (χ4n) is 3.23. The minimum Gasteiger partial charge on any atom is -0.344 e. The van der Waals surface area contributed by atoms with E-state index in [1.807, 2.05) is 41.5 Å². The van der Waals surface area contributed by atoms with Crippen LogP contribution in [0.15, 0.2) is 66.7 Å². The molecule has 144 valence electrons. The summed E-state index contributed by atoms with van der Waals surface area (Å²) in [4.78, 5) is 2.29. The number of anilines is 2. The van der Waals surface area contributed by atoms with Crippen LogP contribution in [0.3, 0.4) is 0 Å². The van der Waals surface area contributed by atoms with E-state index in [1.54, 1.807) is 0 Å². The zero-order valence-corrected chi connectivity index (χ0v) is 18.3. The molecule has 0 N–H and O–H groups in total. The first-order valence-corrected chi connectivity index (χ1v) is 10.3. The Morgan fingerprint density at radius 2 is 0.963 bits per heavy atom. The number of fused-ring (bicyclic) bond motifs is 5. The highest BCUT2D eigenvalue weighted by Gasteiger charge is 2.21. The first-order valence-electron chi connectivity index (χ1n) is 10.3. The Morgan fingerprint density at radius 3 is 1.48 bits per heavy atom. The molecule has 0 amide bonds. The summed E-state index contributed by atoms with van der Waals surface area (Å²) in [7, 11) is 2.15. The number of aryl methyl sites for hydroxylation is 1. The molecule has 0 bridgehead atoms. The third-order valence-corrected chi connectivity index (χ3v) is 4.29. The van der Waals surface area contributed by atoms with Gasteiger partial charge in [-0.1, -0.05) is 102 Å². The number of rotatable bonds is 0. The monoisotopic (exact) mass is 361 g/mol. The maximum absolute atomic E-state index is 2.30. The Labute approximate surface area is 166 Å². The molecule has 1 nitrogen and oxygen atoms in total. The van der Waals surface area contributed by atoms with E-state index >= 15 is 0 Å². The maximum atomic E-state index is 2.30. The average molecular weight is 362 g/mol. The van der Waals surface area contributed by atoms with Crippen LogP contribution in [-0.2, 0) is 0 Å². The van der Waals surface area contributed by atoms with Crippen molar-refractivity contribution in [3.05, 3.63) is 72.3 Å². The van der Waals surface area contributed by atoms with E-state index in [0.717, 1.165) is 0 Å². The number of hydrogen-bond donors (Lipinski definition) is 0. The van der Waals surface area contributed by atoms with Gasteiger partial charge in [-0.15, -0.1) is 0 Å². The SMILES string of the molecule is CC.CC.CC.Cc1ccc2c(c1)-c1ccccc1N(C)c1ccccc1-2. The van der Waals surface area contributed by atoms with Crippen LogP contribution in [0.5, 0.6) is 0 Å². The van der Waals surface area contributed by atoms with Gasteiger partial charge in [0.2, 0.25) is 0 Å². The van der Waals surface area contributed by atoms with Crippen molar-refractivity contribution in [3.63, 3.8) is 0 Å². The van der Waals surface area contributed by atoms with E-state index in [9.17, 15) is 0 Å². The molecule has 0 saturated carbocycles. The minimum absolute atomic E-state index is 1.26. The second kappa shape index (κ2) is 11.2. The van der Waals surface area contributed by atoms with Crippen molar-refractivity contribution in [1.82, 2.24) is 0 Å². The molecule has 0 aromatic heterocycles. The molecule has 0 aliphatic carbocycles. The van der Waals surface area contributed by atoms with Gasteiger partial charge in [-0.2, -0.15) is 0 Å². The quantitative estimate of drug-likeness (QED) is 0.388. The van der Waals surface area contributed by atoms with E-state index in [-0.39, 0.29) is 0 Å². The lowest BCUT2D eigenvalue weighted by Gasteiger charge is -2.21. The van der Waals surface area contributed by atoms with Gasteiger partial charge >= 0.3 is 0 Å². The fraction of sp³-hybridized carbons (Fsp3) is 0.308. The van der Waals surface area contributed by atoms with Gasteiger partial charge < -0.3 is 4.90 Å². The molecule has 0 fully saturated rings. The van der Waals surface area contributed by atoms with Crippen molar-refractivity contribution >= 4 is 11.4 Å². The first-order chi connectivity index (χ1) is 13.3. The Morgan fingerprint density at radius 1 is 0.519 bits per heavy atom. The first kappa shape index (κ1) is 22.5. The van der Waals surface area contributed by atoms with Crippen LogP contribution < -0.4 is 4.90 Å². The average Bonchev–Trinajstić information content (AvgIpc) is 2.87. The zero-order chi connectivity index (χ0) is 20.4. The molecule has 1 aliphatic heterocycles. The third kappa shape index (κ3) is 4.60. The summed E-state index contributed by atoms with van der Waals surface area (Å²) in [5.74, 6) is 0. The second-order valence-electron chi connectivity index (χ2n) is 5.64. The van der Waals surface area contributed by atoms with Gasteiger partial charge in [0.25, 0.3) is 0 Å². The van der Waals surface area contributed by atoms with Gasteiger partial charge in [0.1, 0.15) is 0 Å². The third-order valence-electron chi connectivity index (χ3n) is 4.29. The van der Waals surface area contributed by atoms with E-state index < -0.39 is 0 Å². The standard InChI is InChI=1S/C20H17N.3C2H6/c1-14-11-12-15-16-7-3-5-9-19(16)21(2)20-10-6-4-8-17(20)18(15)13-14;3*1-2/h3-13H,1-2H3;3*1-2H3. The Hall–Kier alpha value is -2.54. The Balaban J connectivity index is 0.000000556. The van der Waals surface area contributed by atoms with Crippen LogP contribution in [-0.4, -0.2) is 7.05 Å². The molecule has 0 radical (unpaired) electrons. The molecule has 3 aromatic carbocycles. The summed E-state index contributed by atoms with van der Waals surface area (Å²) in [5.41, 5.74) is 9.05. The van der Waals surface area contributed by atoms with E-state index in [4.69, 9.17) is 0 Å². The van der Waals surface area contributed by atoms with Gasteiger partial charge in [-0.25, -0.2) is 0 Å². The van der Waals surface area contributed by atoms with Gasteiger partial charge in [0.05, 0.1) is 0 Å². The Bertz CT molecular complexity index is 833. The summed E-state index contributed by atoms with van der Waals surface area (Å²) in [6.45, 7) is 14.2. The van der Waals surface area contributed by atoms with Crippen LogP contribution in [0.1, 0.15) is 47.1 Å². The zero-order valence-electron chi connectivity index (χ0n) is 18.3. The molecule has 27 heavy (non-hydrogen) atoms. The van der Waals surface area contributed by atoms with Gasteiger partial charge in [0, 0.05) is 29.5 Å². The normalized spacial score (nSPS) is 10.1. The molecule has 1 heteroatoms. The lowest BCUT2D eigenvalue weighted by atomic mass is 9.93. The van der Waals surface area contributed by atoms with Gasteiger partial charge in [0.15, 0.2) is 0 Å². The van der Waals surface area contributed by atoms with Crippen molar-refractivity contribution in [1.29, 1.82) is 0 Å². The summed E-state index contributed by atoms with van der Waals surface area (Å²) >= 11 is 0. The molecule has 3 aromatic rings.